The van der Waals surface area contributed by atoms with Gasteiger partial charge in [0.15, 0.2) is 11.7 Å². The van der Waals surface area contributed by atoms with Crippen LogP contribution < -0.4 is 10.6 Å². The molecule has 25 heavy (non-hydrogen) atoms. The van der Waals surface area contributed by atoms with Crippen molar-refractivity contribution in [2.45, 2.75) is 52.6 Å². The monoisotopic (exact) mass is 460 g/mol. The number of hydrogen-bond acceptors (Lipinski definition) is 4. The minimum Gasteiger partial charge on any atom is -0.359 e. The molecule has 0 saturated heterocycles. The average Bonchev–Trinajstić information content (AvgIpc) is 3.26. The van der Waals surface area contributed by atoms with Gasteiger partial charge in [-0.05, 0) is 25.8 Å². The lowest BCUT2D eigenvalue weighted by Gasteiger charge is -2.10. The van der Waals surface area contributed by atoms with E-state index in [4.69, 9.17) is 4.52 Å². The molecule has 2 aromatic rings. The van der Waals surface area contributed by atoms with Crippen molar-refractivity contribution >= 4 is 29.9 Å². The lowest BCUT2D eigenvalue weighted by molar-refractivity contribution is 0.372. The summed E-state index contributed by atoms with van der Waals surface area (Å²) >= 11 is 0. The lowest BCUT2D eigenvalue weighted by Crippen LogP contribution is -2.38. The largest absolute Gasteiger partial charge is 0.359 e. The highest BCUT2D eigenvalue weighted by atomic mass is 127. The van der Waals surface area contributed by atoms with Crippen LogP contribution in [0.2, 0.25) is 0 Å². The van der Waals surface area contributed by atoms with E-state index < -0.39 is 0 Å². The molecule has 7 nitrogen and oxygen atoms in total. The molecule has 140 valence electrons. The third-order valence-corrected chi connectivity index (χ3v) is 3.91. The molecule has 2 N–H and O–H groups in total. The van der Waals surface area contributed by atoms with Gasteiger partial charge in [0, 0.05) is 37.5 Å². The quantitative estimate of drug-likeness (QED) is 0.342. The molecule has 0 aliphatic heterocycles. The third kappa shape index (κ3) is 7.05. The smallest absolute Gasteiger partial charge is 0.191 e. The van der Waals surface area contributed by atoms with E-state index in [2.05, 4.69) is 39.7 Å². The molecule has 2 heterocycles. The van der Waals surface area contributed by atoms with Gasteiger partial charge in [-0.2, -0.15) is 5.10 Å². The van der Waals surface area contributed by atoms with Crippen molar-refractivity contribution in [1.82, 2.24) is 25.6 Å². The standard InChI is InChI=1S/C17H28N6O.HI/c1-4-14(5-2)16-12-15(24-22-16)13-20-17(18-6-3)19-9-11-23-10-7-8-21-23;/h7-8,10,12,14H,4-6,9,11,13H2,1-3H3,(H2,18,19,20);1H. The van der Waals surface area contributed by atoms with Crippen LogP contribution in [0.4, 0.5) is 0 Å². The van der Waals surface area contributed by atoms with Crippen molar-refractivity contribution in [3.63, 3.8) is 0 Å². The second-order valence-electron chi connectivity index (χ2n) is 5.62. The number of rotatable bonds is 9. The minimum absolute atomic E-state index is 0. The van der Waals surface area contributed by atoms with Gasteiger partial charge in [0.25, 0.3) is 0 Å². The highest BCUT2D eigenvalue weighted by molar-refractivity contribution is 14.0. The van der Waals surface area contributed by atoms with Crippen LogP contribution in [0, 0.1) is 0 Å². The Hall–Kier alpha value is -1.58. The molecule has 0 aliphatic carbocycles. The van der Waals surface area contributed by atoms with E-state index in [0.29, 0.717) is 12.5 Å². The molecule has 0 aliphatic rings. The van der Waals surface area contributed by atoms with E-state index >= 15 is 0 Å². The minimum atomic E-state index is 0. The first kappa shape index (κ1) is 21.5. The van der Waals surface area contributed by atoms with E-state index in [9.17, 15) is 0 Å². The van der Waals surface area contributed by atoms with Crippen LogP contribution in [0.15, 0.2) is 34.0 Å². The second kappa shape index (κ2) is 11.9. The highest BCUT2D eigenvalue weighted by Crippen LogP contribution is 2.22. The first-order valence-electron chi connectivity index (χ1n) is 8.71. The maximum absolute atomic E-state index is 5.41. The Labute approximate surface area is 166 Å². The fourth-order valence-electron chi connectivity index (χ4n) is 2.52. The van der Waals surface area contributed by atoms with Gasteiger partial charge in [0.1, 0.15) is 6.54 Å². The number of guanidine groups is 1. The molecule has 0 atom stereocenters. The van der Waals surface area contributed by atoms with E-state index in [1.165, 1.54) is 0 Å². The zero-order valence-corrected chi connectivity index (χ0v) is 17.6. The van der Waals surface area contributed by atoms with Gasteiger partial charge in [-0.3, -0.25) is 4.68 Å². The molecule has 0 fully saturated rings. The maximum Gasteiger partial charge on any atom is 0.191 e. The maximum atomic E-state index is 5.41. The summed E-state index contributed by atoms with van der Waals surface area (Å²) in [5.41, 5.74) is 1.03. The summed E-state index contributed by atoms with van der Waals surface area (Å²) in [4.78, 5) is 4.56. The number of halogens is 1. The van der Waals surface area contributed by atoms with Crippen molar-refractivity contribution in [3.8, 4) is 0 Å². The van der Waals surface area contributed by atoms with Crippen LogP contribution >= 0.6 is 24.0 Å². The van der Waals surface area contributed by atoms with E-state index in [0.717, 1.165) is 49.9 Å². The zero-order chi connectivity index (χ0) is 17.2. The Kier molecular flexibility index (Phi) is 10.2. The second-order valence-corrected chi connectivity index (χ2v) is 5.62. The van der Waals surface area contributed by atoms with Gasteiger partial charge in [-0.1, -0.05) is 19.0 Å². The summed E-state index contributed by atoms with van der Waals surface area (Å²) in [7, 11) is 0. The van der Waals surface area contributed by atoms with Gasteiger partial charge in [-0.15, -0.1) is 24.0 Å². The number of nitrogens with one attached hydrogen (secondary N) is 2. The Morgan fingerprint density at radius 2 is 2.08 bits per heavy atom. The Morgan fingerprint density at radius 1 is 1.28 bits per heavy atom. The van der Waals surface area contributed by atoms with Crippen molar-refractivity contribution in [2.24, 2.45) is 4.99 Å². The van der Waals surface area contributed by atoms with Crippen LogP contribution in [-0.2, 0) is 13.1 Å². The van der Waals surface area contributed by atoms with Gasteiger partial charge in [-0.25, -0.2) is 4.99 Å². The average molecular weight is 460 g/mol. The topological polar surface area (TPSA) is 80.3 Å². The summed E-state index contributed by atoms with van der Waals surface area (Å²) in [6.45, 7) is 9.22. The summed E-state index contributed by atoms with van der Waals surface area (Å²) in [6.07, 6.45) is 5.87. The fourth-order valence-corrected chi connectivity index (χ4v) is 2.52. The van der Waals surface area contributed by atoms with Crippen molar-refractivity contribution < 1.29 is 4.52 Å². The Balaban J connectivity index is 0.00000312. The van der Waals surface area contributed by atoms with Crippen LogP contribution in [0.3, 0.4) is 0 Å². The van der Waals surface area contributed by atoms with Gasteiger partial charge < -0.3 is 15.2 Å². The van der Waals surface area contributed by atoms with Gasteiger partial charge in [0.2, 0.25) is 0 Å². The van der Waals surface area contributed by atoms with E-state index in [1.807, 2.05) is 29.9 Å². The van der Waals surface area contributed by atoms with Gasteiger partial charge >= 0.3 is 0 Å². The zero-order valence-electron chi connectivity index (χ0n) is 15.2. The summed E-state index contributed by atoms with van der Waals surface area (Å²) in [5, 5.41) is 14.9. The highest BCUT2D eigenvalue weighted by Gasteiger charge is 2.12. The molecular formula is C17H29IN6O. The number of nitrogens with zero attached hydrogens (tertiary/aromatic N) is 4. The first-order chi connectivity index (χ1) is 11.8. The molecule has 0 amide bonds. The van der Waals surface area contributed by atoms with Crippen LogP contribution in [0.25, 0.3) is 0 Å². The summed E-state index contributed by atoms with van der Waals surface area (Å²) in [6, 6.07) is 3.94. The van der Waals surface area contributed by atoms with E-state index in [1.54, 1.807) is 6.20 Å². The lowest BCUT2D eigenvalue weighted by atomic mass is 9.99. The summed E-state index contributed by atoms with van der Waals surface area (Å²) in [5.74, 6) is 2.03. The Morgan fingerprint density at radius 3 is 2.72 bits per heavy atom. The molecule has 0 aromatic carbocycles. The van der Waals surface area contributed by atoms with E-state index in [-0.39, 0.29) is 24.0 Å². The number of hydrogen-bond donors (Lipinski definition) is 2. The molecule has 0 saturated carbocycles. The predicted molar refractivity (Wildman–Crippen MR) is 110 cm³/mol. The predicted octanol–water partition coefficient (Wildman–Crippen LogP) is 3.15. The van der Waals surface area contributed by atoms with Crippen molar-refractivity contribution in [3.05, 3.63) is 36.0 Å². The molecule has 0 bridgehead atoms. The fraction of sp³-hybridized carbons (Fsp3) is 0.588. The summed E-state index contributed by atoms with van der Waals surface area (Å²) < 4.78 is 7.30. The molecule has 0 unspecified atom stereocenters. The molecule has 2 rings (SSSR count). The first-order valence-corrected chi connectivity index (χ1v) is 8.71. The molecule has 2 aromatic heterocycles. The van der Waals surface area contributed by atoms with Crippen LogP contribution in [0.5, 0.6) is 0 Å². The third-order valence-electron chi connectivity index (χ3n) is 3.91. The van der Waals surface area contributed by atoms with Crippen molar-refractivity contribution in [1.29, 1.82) is 0 Å². The molecule has 0 radical (unpaired) electrons. The molecule has 0 spiro atoms. The van der Waals surface area contributed by atoms with Crippen LogP contribution in [-0.4, -0.2) is 34.0 Å². The number of aromatic nitrogens is 3. The van der Waals surface area contributed by atoms with Gasteiger partial charge in [0.05, 0.1) is 12.2 Å². The molecular weight excluding hydrogens is 431 g/mol. The molecule has 8 heteroatoms. The van der Waals surface area contributed by atoms with Crippen LogP contribution in [0.1, 0.15) is 51.0 Å². The Bertz CT molecular complexity index is 606. The van der Waals surface area contributed by atoms with Crippen molar-refractivity contribution in [2.75, 3.05) is 13.1 Å². The number of aliphatic imine (C=N–C) groups is 1. The SMILES string of the molecule is CCNC(=NCc1cc(C(CC)CC)no1)NCCn1cccn1.I. The normalized spacial score (nSPS) is 11.4.